The third-order valence-corrected chi connectivity index (χ3v) is 3.68. The lowest BCUT2D eigenvalue weighted by atomic mass is 10.2. The largest absolute Gasteiger partial charge is 0.398 e. The maximum Gasteiger partial charge on any atom is 0.263 e. The molecule has 3 aliphatic rings. The number of amides is 2. The highest BCUT2D eigenvalue weighted by molar-refractivity contribution is 6.01. The van der Waals surface area contributed by atoms with Gasteiger partial charge in [0.2, 0.25) is 5.91 Å². The van der Waals surface area contributed by atoms with Gasteiger partial charge in [0.1, 0.15) is 13.1 Å². The third kappa shape index (κ3) is 3.28. The van der Waals surface area contributed by atoms with Gasteiger partial charge >= 0.3 is 0 Å². The monoisotopic (exact) mass is 305 g/mol. The molecule has 3 heterocycles. The summed E-state index contributed by atoms with van der Waals surface area (Å²) in [4.78, 5) is 25.6. The summed E-state index contributed by atoms with van der Waals surface area (Å²) in [5, 5.41) is 8.16. The molecule has 0 spiro atoms. The van der Waals surface area contributed by atoms with Crippen molar-refractivity contribution in [3.8, 4) is 0 Å². The number of rotatable bonds is 4. The molecule has 0 aromatic carbocycles. The maximum absolute atomic E-state index is 12.0. The van der Waals surface area contributed by atoms with Crippen molar-refractivity contribution in [2.45, 2.75) is 18.9 Å². The standard InChI is InChI=1S/C14H19N5O3/c15-10-3-4-12-17-19(14(21)9-18(12)7-10)8-13(20)16-6-11-2-1-5-22-11/h3-4,7,11H,1-2,5-6,8-9,15H2,(H,16,20). The van der Waals surface area contributed by atoms with Crippen molar-refractivity contribution in [3.05, 3.63) is 24.0 Å². The van der Waals surface area contributed by atoms with Crippen LogP contribution in [-0.4, -0.2) is 59.9 Å². The van der Waals surface area contributed by atoms with Gasteiger partial charge in [-0.2, -0.15) is 5.10 Å². The second kappa shape index (κ2) is 6.18. The molecule has 8 nitrogen and oxygen atoms in total. The Labute approximate surface area is 128 Å². The second-order valence-electron chi connectivity index (χ2n) is 5.44. The number of fused-ring (bicyclic) bond motifs is 1. The van der Waals surface area contributed by atoms with Crippen LogP contribution in [0.15, 0.2) is 29.2 Å². The molecular weight excluding hydrogens is 286 g/mol. The first kappa shape index (κ1) is 14.6. The zero-order valence-electron chi connectivity index (χ0n) is 12.2. The number of nitrogens with one attached hydrogen (secondary N) is 1. The molecule has 1 saturated heterocycles. The number of nitrogens with zero attached hydrogens (tertiary/aromatic N) is 3. The van der Waals surface area contributed by atoms with Crippen molar-refractivity contribution in [2.24, 2.45) is 10.8 Å². The molecule has 1 atom stereocenters. The van der Waals surface area contributed by atoms with Crippen LogP contribution >= 0.6 is 0 Å². The molecule has 118 valence electrons. The molecule has 3 aliphatic heterocycles. The number of allylic oxidation sites excluding steroid dienone is 1. The summed E-state index contributed by atoms with van der Waals surface area (Å²) in [6.07, 6.45) is 7.15. The van der Waals surface area contributed by atoms with E-state index in [1.807, 2.05) is 0 Å². The van der Waals surface area contributed by atoms with E-state index in [1.54, 1.807) is 23.3 Å². The highest BCUT2D eigenvalue weighted by Crippen LogP contribution is 2.13. The molecule has 3 N–H and O–H groups in total. The molecule has 8 heteroatoms. The van der Waals surface area contributed by atoms with Gasteiger partial charge in [-0.1, -0.05) is 0 Å². The summed E-state index contributed by atoms with van der Waals surface area (Å²) >= 11 is 0. The van der Waals surface area contributed by atoms with Gasteiger partial charge in [-0.25, -0.2) is 5.01 Å². The Morgan fingerprint density at radius 2 is 2.36 bits per heavy atom. The van der Waals surface area contributed by atoms with E-state index in [9.17, 15) is 9.59 Å². The van der Waals surface area contributed by atoms with E-state index in [-0.39, 0.29) is 31.0 Å². The summed E-state index contributed by atoms with van der Waals surface area (Å²) in [5.41, 5.74) is 6.24. The number of hydrogen-bond acceptors (Lipinski definition) is 6. The minimum absolute atomic E-state index is 0.0807. The first-order chi connectivity index (χ1) is 10.6. The fourth-order valence-electron chi connectivity index (χ4n) is 2.53. The first-order valence-corrected chi connectivity index (χ1v) is 7.31. The van der Waals surface area contributed by atoms with Crippen molar-refractivity contribution < 1.29 is 14.3 Å². The third-order valence-electron chi connectivity index (χ3n) is 3.68. The molecular formula is C14H19N5O3. The van der Waals surface area contributed by atoms with Crippen LogP contribution in [0.25, 0.3) is 0 Å². The Hall–Kier alpha value is -2.35. The summed E-state index contributed by atoms with van der Waals surface area (Å²) in [5.74, 6) is 0.118. The normalized spacial score (nSPS) is 24.0. The van der Waals surface area contributed by atoms with E-state index < -0.39 is 0 Å². The molecule has 0 aromatic heterocycles. The Balaban J connectivity index is 1.55. The van der Waals surface area contributed by atoms with Gasteiger partial charge in [0.25, 0.3) is 5.91 Å². The van der Waals surface area contributed by atoms with Crippen LogP contribution in [0, 0.1) is 0 Å². The lowest BCUT2D eigenvalue weighted by molar-refractivity contribution is -0.137. The van der Waals surface area contributed by atoms with Gasteiger partial charge in [-0.05, 0) is 25.0 Å². The predicted molar refractivity (Wildman–Crippen MR) is 79.2 cm³/mol. The van der Waals surface area contributed by atoms with E-state index in [4.69, 9.17) is 10.5 Å². The van der Waals surface area contributed by atoms with Crippen molar-refractivity contribution >= 4 is 17.6 Å². The fourth-order valence-corrected chi connectivity index (χ4v) is 2.53. The Bertz CT molecular complexity index is 563. The van der Waals surface area contributed by atoms with Crippen molar-refractivity contribution in [3.63, 3.8) is 0 Å². The zero-order valence-corrected chi connectivity index (χ0v) is 12.2. The summed E-state index contributed by atoms with van der Waals surface area (Å²) in [6, 6.07) is 0. The first-order valence-electron chi connectivity index (χ1n) is 7.31. The van der Waals surface area contributed by atoms with Gasteiger partial charge in [-0.3, -0.25) is 9.59 Å². The molecule has 0 saturated carbocycles. The molecule has 0 radical (unpaired) electrons. The Kier molecular flexibility index (Phi) is 4.10. The van der Waals surface area contributed by atoms with Gasteiger partial charge < -0.3 is 20.7 Å². The highest BCUT2D eigenvalue weighted by Gasteiger charge is 2.27. The van der Waals surface area contributed by atoms with Crippen LogP contribution in [0.5, 0.6) is 0 Å². The number of nitrogens with two attached hydrogens (primary N) is 1. The van der Waals surface area contributed by atoms with Crippen LogP contribution in [0.1, 0.15) is 12.8 Å². The molecule has 0 aliphatic carbocycles. The lowest BCUT2D eigenvalue weighted by Crippen LogP contribution is -2.49. The number of amidine groups is 1. The number of hydrogen-bond donors (Lipinski definition) is 2. The Morgan fingerprint density at radius 3 is 3.14 bits per heavy atom. The minimum Gasteiger partial charge on any atom is -0.398 e. The zero-order chi connectivity index (χ0) is 15.5. The number of ether oxygens (including phenoxy) is 1. The molecule has 1 fully saturated rings. The summed E-state index contributed by atoms with van der Waals surface area (Å²) in [6.45, 7) is 1.26. The van der Waals surface area contributed by atoms with Gasteiger partial charge in [0, 0.05) is 25.0 Å². The van der Waals surface area contributed by atoms with Crippen LogP contribution in [-0.2, 0) is 14.3 Å². The maximum atomic E-state index is 12.0. The van der Waals surface area contributed by atoms with Crippen molar-refractivity contribution in [2.75, 3.05) is 26.2 Å². The average Bonchev–Trinajstić information content (AvgIpc) is 2.99. The van der Waals surface area contributed by atoms with Crippen molar-refractivity contribution in [1.82, 2.24) is 15.2 Å². The topological polar surface area (TPSA) is 100 Å². The number of hydrazone groups is 1. The predicted octanol–water partition coefficient (Wildman–Crippen LogP) is -0.891. The van der Waals surface area contributed by atoms with E-state index in [0.29, 0.717) is 18.1 Å². The van der Waals surface area contributed by atoms with Crippen LogP contribution in [0.3, 0.4) is 0 Å². The fraction of sp³-hybridized carbons (Fsp3) is 0.500. The van der Waals surface area contributed by atoms with Crippen molar-refractivity contribution in [1.29, 1.82) is 0 Å². The van der Waals surface area contributed by atoms with Gasteiger partial charge in [0.05, 0.1) is 6.10 Å². The average molecular weight is 305 g/mol. The van der Waals surface area contributed by atoms with Crippen LogP contribution in [0.4, 0.5) is 0 Å². The SMILES string of the molecule is NC1=CN2CC(=O)N(CC(=O)NCC3CCCO3)N=C2C=C1. The smallest absolute Gasteiger partial charge is 0.263 e. The van der Waals surface area contributed by atoms with Crippen LogP contribution in [0.2, 0.25) is 0 Å². The molecule has 22 heavy (non-hydrogen) atoms. The molecule has 0 bridgehead atoms. The molecule has 2 amide bonds. The minimum atomic E-state index is -0.240. The van der Waals surface area contributed by atoms with E-state index >= 15 is 0 Å². The van der Waals surface area contributed by atoms with E-state index in [0.717, 1.165) is 19.4 Å². The highest BCUT2D eigenvalue weighted by atomic mass is 16.5. The molecule has 0 aromatic rings. The van der Waals surface area contributed by atoms with Gasteiger partial charge in [0.15, 0.2) is 5.84 Å². The summed E-state index contributed by atoms with van der Waals surface area (Å²) in [7, 11) is 0. The summed E-state index contributed by atoms with van der Waals surface area (Å²) < 4.78 is 5.44. The molecule has 3 rings (SSSR count). The quantitative estimate of drug-likeness (QED) is 0.702. The van der Waals surface area contributed by atoms with E-state index in [2.05, 4.69) is 10.4 Å². The van der Waals surface area contributed by atoms with Gasteiger partial charge in [-0.15, -0.1) is 0 Å². The second-order valence-corrected chi connectivity index (χ2v) is 5.44. The van der Waals surface area contributed by atoms with E-state index in [1.165, 1.54) is 5.01 Å². The number of carbonyl (C=O) groups excluding carboxylic acids is 2. The molecule has 1 unspecified atom stereocenters. The van der Waals surface area contributed by atoms with Crippen LogP contribution < -0.4 is 11.1 Å². The number of carbonyl (C=O) groups is 2. The lowest BCUT2D eigenvalue weighted by Gasteiger charge is -2.31. The Morgan fingerprint density at radius 1 is 1.50 bits per heavy atom.